The molecular weight excluding hydrogens is 214 g/mol. The number of rotatable bonds is 1. The molecule has 2 aliphatic heterocycles. The highest BCUT2D eigenvalue weighted by atomic mass is 16.2. The number of hydrogen-bond acceptors (Lipinski definition) is 2. The van der Waals surface area contributed by atoms with Crippen LogP contribution in [0.25, 0.3) is 0 Å². The fourth-order valence-electron chi connectivity index (χ4n) is 3.02. The molecule has 2 aliphatic rings. The van der Waals surface area contributed by atoms with Crippen LogP contribution < -0.4 is 5.73 Å². The van der Waals surface area contributed by atoms with Gasteiger partial charge in [-0.1, -0.05) is 12.8 Å². The van der Waals surface area contributed by atoms with Crippen LogP contribution in [-0.2, 0) is 0 Å². The van der Waals surface area contributed by atoms with Crippen LogP contribution in [0.15, 0.2) is 0 Å². The third-order valence-corrected chi connectivity index (χ3v) is 4.12. The molecule has 2 atom stereocenters. The number of nitrogens with two attached hydrogens (primary N) is 1. The van der Waals surface area contributed by atoms with Crippen molar-refractivity contribution >= 4 is 6.03 Å². The maximum absolute atomic E-state index is 12.4. The van der Waals surface area contributed by atoms with E-state index in [0.717, 1.165) is 38.9 Å². The van der Waals surface area contributed by atoms with Gasteiger partial charge < -0.3 is 15.5 Å². The molecule has 2 fully saturated rings. The molecule has 0 aliphatic carbocycles. The first-order valence-corrected chi connectivity index (χ1v) is 6.98. The maximum Gasteiger partial charge on any atom is 0.320 e. The van der Waals surface area contributed by atoms with E-state index in [1.807, 2.05) is 9.80 Å². The molecule has 0 spiro atoms. The van der Waals surface area contributed by atoms with Gasteiger partial charge in [0, 0.05) is 25.7 Å². The van der Waals surface area contributed by atoms with Crippen LogP contribution in [0.2, 0.25) is 0 Å². The van der Waals surface area contributed by atoms with Crippen LogP contribution in [0.1, 0.15) is 39.0 Å². The average Bonchev–Trinajstić information content (AvgIpc) is 2.56. The van der Waals surface area contributed by atoms with Crippen LogP contribution in [0, 0.1) is 5.92 Å². The van der Waals surface area contributed by atoms with Gasteiger partial charge in [-0.2, -0.15) is 0 Å². The third-order valence-electron chi connectivity index (χ3n) is 4.12. The average molecular weight is 239 g/mol. The second-order valence-electron chi connectivity index (χ2n) is 5.52. The number of carbonyl (C=O) groups excluding carboxylic acids is 1. The molecule has 0 aromatic heterocycles. The Hall–Kier alpha value is -0.770. The molecule has 2 amide bonds. The summed E-state index contributed by atoms with van der Waals surface area (Å²) in [6.45, 7) is 5.58. The number of hydrogen-bond donors (Lipinski definition) is 1. The van der Waals surface area contributed by atoms with Crippen LogP contribution in [0.5, 0.6) is 0 Å². The zero-order valence-corrected chi connectivity index (χ0v) is 10.9. The minimum Gasteiger partial charge on any atom is -0.330 e. The molecule has 0 aromatic carbocycles. The van der Waals surface area contributed by atoms with Gasteiger partial charge in [-0.15, -0.1) is 0 Å². The summed E-state index contributed by atoms with van der Waals surface area (Å²) in [6, 6.07) is 0.606. The van der Waals surface area contributed by atoms with E-state index in [9.17, 15) is 4.79 Å². The summed E-state index contributed by atoms with van der Waals surface area (Å²) in [5.41, 5.74) is 5.71. The Morgan fingerprint density at radius 2 is 1.88 bits per heavy atom. The Balaban J connectivity index is 1.94. The van der Waals surface area contributed by atoms with Crippen molar-refractivity contribution < 1.29 is 4.79 Å². The zero-order valence-electron chi connectivity index (χ0n) is 10.9. The van der Waals surface area contributed by atoms with Gasteiger partial charge in [0.05, 0.1) is 0 Å². The van der Waals surface area contributed by atoms with E-state index in [-0.39, 0.29) is 6.03 Å². The van der Waals surface area contributed by atoms with Gasteiger partial charge >= 0.3 is 6.03 Å². The lowest BCUT2D eigenvalue weighted by Gasteiger charge is -2.29. The van der Waals surface area contributed by atoms with Crippen LogP contribution in [0.3, 0.4) is 0 Å². The Bertz CT molecular complexity index is 261. The van der Waals surface area contributed by atoms with E-state index in [0.29, 0.717) is 18.5 Å². The summed E-state index contributed by atoms with van der Waals surface area (Å²) in [5, 5.41) is 0. The predicted octanol–water partition coefficient (Wildman–Crippen LogP) is 1.65. The van der Waals surface area contributed by atoms with E-state index in [1.54, 1.807) is 0 Å². The second kappa shape index (κ2) is 5.71. The first kappa shape index (κ1) is 12.7. The molecule has 98 valence electrons. The Kier molecular flexibility index (Phi) is 4.26. The van der Waals surface area contributed by atoms with Gasteiger partial charge in [0.1, 0.15) is 0 Å². The summed E-state index contributed by atoms with van der Waals surface area (Å²) >= 11 is 0. The lowest BCUT2D eigenvalue weighted by molar-refractivity contribution is 0.151. The molecule has 0 bridgehead atoms. The summed E-state index contributed by atoms with van der Waals surface area (Å²) in [4.78, 5) is 16.5. The molecule has 0 saturated carbocycles. The highest BCUT2D eigenvalue weighted by Crippen LogP contribution is 2.24. The molecule has 17 heavy (non-hydrogen) atoms. The molecule has 2 N–H and O–H groups in total. The highest BCUT2D eigenvalue weighted by molar-refractivity contribution is 5.75. The quantitative estimate of drug-likeness (QED) is 0.756. The minimum absolute atomic E-state index is 0.246. The minimum atomic E-state index is 0.246. The maximum atomic E-state index is 12.4. The van der Waals surface area contributed by atoms with Gasteiger partial charge in [-0.05, 0) is 38.6 Å². The number of nitrogens with zero attached hydrogens (tertiary/aromatic N) is 2. The Labute approximate surface area is 104 Å². The van der Waals surface area contributed by atoms with Crippen molar-refractivity contribution in [1.29, 1.82) is 0 Å². The van der Waals surface area contributed by atoms with Crippen molar-refractivity contribution in [2.24, 2.45) is 11.7 Å². The number of amides is 2. The van der Waals surface area contributed by atoms with Gasteiger partial charge in [-0.3, -0.25) is 0 Å². The SMILES string of the molecule is CC1CC(CN)CN1C(=O)N1CCCCCC1. The Morgan fingerprint density at radius 3 is 2.41 bits per heavy atom. The predicted molar refractivity (Wildman–Crippen MR) is 68.8 cm³/mol. The fourth-order valence-corrected chi connectivity index (χ4v) is 3.02. The van der Waals surface area contributed by atoms with E-state index in [4.69, 9.17) is 5.73 Å². The van der Waals surface area contributed by atoms with Crippen molar-refractivity contribution in [3.05, 3.63) is 0 Å². The molecule has 2 rings (SSSR count). The lowest BCUT2D eigenvalue weighted by atomic mass is 10.1. The van der Waals surface area contributed by atoms with Crippen molar-refractivity contribution in [3.8, 4) is 0 Å². The molecule has 2 saturated heterocycles. The molecule has 0 radical (unpaired) electrons. The van der Waals surface area contributed by atoms with E-state index in [1.165, 1.54) is 12.8 Å². The highest BCUT2D eigenvalue weighted by Gasteiger charge is 2.33. The first-order chi connectivity index (χ1) is 8.22. The van der Waals surface area contributed by atoms with E-state index < -0.39 is 0 Å². The largest absolute Gasteiger partial charge is 0.330 e. The molecule has 2 heterocycles. The second-order valence-corrected chi connectivity index (χ2v) is 5.52. The summed E-state index contributed by atoms with van der Waals surface area (Å²) in [7, 11) is 0. The van der Waals surface area contributed by atoms with Crippen LogP contribution in [0.4, 0.5) is 4.79 Å². The van der Waals surface area contributed by atoms with Crippen LogP contribution in [-0.4, -0.2) is 48.1 Å². The molecule has 0 aromatic rings. The normalized spacial score (nSPS) is 30.5. The smallest absolute Gasteiger partial charge is 0.320 e. The van der Waals surface area contributed by atoms with Crippen molar-refractivity contribution in [2.45, 2.75) is 45.1 Å². The van der Waals surface area contributed by atoms with Gasteiger partial charge in [0.25, 0.3) is 0 Å². The Morgan fingerprint density at radius 1 is 1.24 bits per heavy atom. The van der Waals surface area contributed by atoms with Crippen molar-refractivity contribution in [3.63, 3.8) is 0 Å². The van der Waals surface area contributed by atoms with Crippen molar-refractivity contribution in [1.82, 2.24) is 9.80 Å². The first-order valence-electron chi connectivity index (χ1n) is 6.98. The third kappa shape index (κ3) is 2.92. The summed E-state index contributed by atoms with van der Waals surface area (Å²) < 4.78 is 0. The fraction of sp³-hybridized carbons (Fsp3) is 0.923. The molecule has 4 nitrogen and oxygen atoms in total. The van der Waals surface area contributed by atoms with Gasteiger partial charge in [0.15, 0.2) is 0 Å². The van der Waals surface area contributed by atoms with Crippen molar-refractivity contribution in [2.75, 3.05) is 26.2 Å². The lowest BCUT2D eigenvalue weighted by Crippen LogP contribution is -2.45. The summed E-state index contributed by atoms with van der Waals surface area (Å²) in [6.07, 6.45) is 5.92. The molecule has 2 unspecified atom stereocenters. The van der Waals surface area contributed by atoms with Crippen LogP contribution >= 0.6 is 0 Å². The molecular formula is C13H25N3O. The van der Waals surface area contributed by atoms with Gasteiger partial charge in [-0.25, -0.2) is 4.79 Å². The topological polar surface area (TPSA) is 49.6 Å². The number of likely N-dealkylation sites (tertiary alicyclic amines) is 2. The molecule has 4 heteroatoms. The monoisotopic (exact) mass is 239 g/mol. The zero-order chi connectivity index (χ0) is 12.3. The summed E-state index contributed by atoms with van der Waals surface area (Å²) in [5.74, 6) is 0.501. The van der Waals surface area contributed by atoms with Gasteiger partial charge in [0.2, 0.25) is 0 Å². The van der Waals surface area contributed by atoms with E-state index in [2.05, 4.69) is 6.92 Å². The number of carbonyl (C=O) groups is 1. The standard InChI is InChI=1S/C13H25N3O/c1-11-8-12(9-14)10-16(11)13(17)15-6-4-2-3-5-7-15/h11-12H,2-10,14H2,1H3. The number of urea groups is 1. The van der Waals surface area contributed by atoms with E-state index >= 15 is 0 Å².